The first-order valence-electron chi connectivity index (χ1n) is 14.3. The highest BCUT2D eigenvalue weighted by molar-refractivity contribution is 5.35. The molecule has 0 spiro atoms. The monoisotopic (exact) mass is 586 g/mol. The van der Waals surface area contributed by atoms with Crippen LogP contribution in [0.1, 0.15) is 36.1 Å². The number of phenols is 2. The molecule has 4 N–H and O–H groups in total. The van der Waals surface area contributed by atoms with Crippen LogP contribution in [0.5, 0.6) is 23.0 Å². The van der Waals surface area contributed by atoms with Gasteiger partial charge in [-0.3, -0.25) is 0 Å². The van der Waals surface area contributed by atoms with Gasteiger partial charge in [0.15, 0.2) is 5.79 Å². The van der Waals surface area contributed by atoms with Crippen LogP contribution in [0.2, 0.25) is 0 Å². The van der Waals surface area contributed by atoms with E-state index in [4.69, 9.17) is 18.9 Å². The minimum atomic E-state index is -1.06. The van der Waals surface area contributed by atoms with E-state index >= 15 is 0 Å². The Labute approximate surface area is 251 Å². The van der Waals surface area contributed by atoms with Gasteiger partial charge < -0.3 is 39.4 Å². The van der Waals surface area contributed by atoms with Crippen LogP contribution in [-0.2, 0) is 22.3 Å². The maximum Gasteiger partial charge on any atom is 0.164 e. The second-order valence-electron chi connectivity index (χ2n) is 11.3. The summed E-state index contributed by atoms with van der Waals surface area (Å²) in [4.78, 5) is 0. The van der Waals surface area contributed by atoms with Crippen molar-refractivity contribution < 1.29 is 39.4 Å². The number of aliphatic hydroxyl groups is 2. The highest BCUT2D eigenvalue weighted by Gasteiger charge is 2.48. The zero-order valence-electron chi connectivity index (χ0n) is 24.3. The molecular formula is C35H38O8. The van der Waals surface area contributed by atoms with E-state index in [2.05, 4.69) is 0 Å². The first-order chi connectivity index (χ1) is 20.6. The molecule has 1 saturated heterocycles. The Kier molecular flexibility index (Phi) is 9.52. The number of hydrogen-bond donors (Lipinski definition) is 4. The highest BCUT2D eigenvalue weighted by atomic mass is 16.8. The van der Waals surface area contributed by atoms with Gasteiger partial charge in [0.05, 0.1) is 0 Å². The quantitative estimate of drug-likeness (QED) is 0.184. The van der Waals surface area contributed by atoms with Gasteiger partial charge in [0.25, 0.3) is 0 Å². The van der Waals surface area contributed by atoms with Crippen molar-refractivity contribution in [1.29, 1.82) is 0 Å². The van der Waals surface area contributed by atoms with Crippen molar-refractivity contribution in [1.82, 2.24) is 0 Å². The standard InChI is InChI=1S/C35H38O8/c1-35(2)42-33(31(38)21-40-29-15-7-25(8-16-29)19-23-3-11-27(36)12-4-23)34(43-35)32(39)22-41-30-17-9-26(10-18-30)20-24-5-13-28(37)14-6-24/h3-18,31-34,36-39H,19-22H2,1-2H3/t31-,32-,33-,34-/m1/s1. The highest BCUT2D eigenvalue weighted by Crippen LogP contribution is 2.32. The van der Waals surface area contributed by atoms with E-state index in [1.54, 1.807) is 38.1 Å². The van der Waals surface area contributed by atoms with E-state index in [-0.39, 0.29) is 24.7 Å². The van der Waals surface area contributed by atoms with E-state index < -0.39 is 30.2 Å². The molecule has 5 rings (SSSR count). The van der Waals surface area contributed by atoms with E-state index in [1.807, 2.05) is 72.8 Å². The third-order valence-corrected chi connectivity index (χ3v) is 7.30. The molecule has 1 aliphatic heterocycles. The van der Waals surface area contributed by atoms with E-state index in [0.29, 0.717) is 11.5 Å². The Bertz CT molecular complexity index is 1320. The maximum absolute atomic E-state index is 11.0. The van der Waals surface area contributed by atoms with Crippen LogP contribution in [0.4, 0.5) is 0 Å². The molecule has 0 saturated carbocycles. The fourth-order valence-corrected chi connectivity index (χ4v) is 5.07. The topological polar surface area (TPSA) is 118 Å². The average molecular weight is 587 g/mol. The van der Waals surface area contributed by atoms with Crippen LogP contribution >= 0.6 is 0 Å². The Morgan fingerprint density at radius 2 is 0.860 bits per heavy atom. The van der Waals surface area contributed by atoms with Gasteiger partial charge in [0.2, 0.25) is 0 Å². The number of phenolic OH excluding ortho intramolecular Hbond substituents is 2. The van der Waals surface area contributed by atoms with Crippen molar-refractivity contribution in [3.63, 3.8) is 0 Å². The Balaban J connectivity index is 1.12. The molecule has 8 nitrogen and oxygen atoms in total. The van der Waals surface area contributed by atoms with Crippen LogP contribution in [0.15, 0.2) is 97.1 Å². The summed E-state index contributed by atoms with van der Waals surface area (Å²) in [5, 5.41) is 40.9. The lowest BCUT2D eigenvalue weighted by atomic mass is 10.0. The van der Waals surface area contributed by atoms with Gasteiger partial charge in [-0.15, -0.1) is 0 Å². The summed E-state index contributed by atoms with van der Waals surface area (Å²) >= 11 is 0. The van der Waals surface area contributed by atoms with Crippen molar-refractivity contribution in [3.05, 3.63) is 119 Å². The molecule has 1 aliphatic rings. The zero-order valence-corrected chi connectivity index (χ0v) is 24.3. The van der Waals surface area contributed by atoms with Crippen LogP contribution in [-0.4, -0.2) is 63.8 Å². The minimum absolute atomic E-state index is 0.0476. The van der Waals surface area contributed by atoms with Crippen LogP contribution in [0, 0.1) is 0 Å². The van der Waals surface area contributed by atoms with Crippen molar-refractivity contribution >= 4 is 0 Å². The second kappa shape index (κ2) is 13.5. The van der Waals surface area contributed by atoms with Crippen molar-refractivity contribution in [3.8, 4) is 23.0 Å². The SMILES string of the molecule is CC1(C)O[C@H]([C@H](O)COc2ccc(Cc3ccc(O)cc3)cc2)[C@@H]([C@H](O)COc2ccc(Cc3ccc(O)cc3)cc2)O1. The Morgan fingerprint density at radius 1 is 0.558 bits per heavy atom. The van der Waals surface area contributed by atoms with Crippen LogP contribution in [0.3, 0.4) is 0 Å². The van der Waals surface area contributed by atoms with Crippen molar-refractivity contribution in [2.24, 2.45) is 0 Å². The molecule has 43 heavy (non-hydrogen) atoms. The second-order valence-corrected chi connectivity index (χ2v) is 11.3. The number of rotatable bonds is 12. The molecule has 0 amide bonds. The van der Waals surface area contributed by atoms with Crippen LogP contribution in [0.25, 0.3) is 0 Å². The summed E-state index contributed by atoms with van der Waals surface area (Å²) in [5.74, 6) is 0.675. The molecule has 4 aromatic carbocycles. The van der Waals surface area contributed by atoms with Gasteiger partial charge in [-0.1, -0.05) is 48.5 Å². The molecule has 4 aromatic rings. The lowest BCUT2D eigenvalue weighted by Gasteiger charge is -2.26. The molecular weight excluding hydrogens is 548 g/mol. The number of ether oxygens (including phenoxy) is 4. The van der Waals surface area contributed by atoms with Crippen molar-refractivity contribution in [2.75, 3.05) is 13.2 Å². The smallest absolute Gasteiger partial charge is 0.164 e. The fraction of sp³-hybridized carbons (Fsp3) is 0.314. The summed E-state index contributed by atoms with van der Waals surface area (Å²) in [6, 6.07) is 29.4. The van der Waals surface area contributed by atoms with Gasteiger partial charge >= 0.3 is 0 Å². The molecule has 0 radical (unpaired) electrons. The maximum atomic E-state index is 11.0. The first kappa shape index (κ1) is 30.4. The average Bonchev–Trinajstić information content (AvgIpc) is 3.34. The number of hydrogen-bond acceptors (Lipinski definition) is 8. The number of aromatic hydroxyl groups is 2. The number of aliphatic hydroxyl groups excluding tert-OH is 2. The molecule has 8 heteroatoms. The predicted octanol–water partition coefficient (Wildman–Crippen LogP) is 4.98. The zero-order chi connectivity index (χ0) is 30.4. The first-order valence-corrected chi connectivity index (χ1v) is 14.3. The van der Waals surface area contributed by atoms with Gasteiger partial charge in [0.1, 0.15) is 60.6 Å². The Hall–Kier alpha value is -4.08. The molecule has 0 bridgehead atoms. The largest absolute Gasteiger partial charge is 0.508 e. The summed E-state index contributed by atoms with van der Waals surface area (Å²) < 4.78 is 23.6. The van der Waals surface area contributed by atoms with Crippen molar-refractivity contribution in [2.45, 2.75) is 56.9 Å². The van der Waals surface area contributed by atoms with Crippen LogP contribution < -0.4 is 9.47 Å². The van der Waals surface area contributed by atoms with Gasteiger partial charge in [-0.2, -0.15) is 0 Å². The third kappa shape index (κ3) is 8.49. The molecule has 0 aromatic heterocycles. The van der Waals surface area contributed by atoms with E-state index in [9.17, 15) is 20.4 Å². The summed E-state index contributed by atoms with van der Waals surface area (Å²) in [7, 11) is 0. The fourth-order valence-electron chi connectivity index (χ4n) is 5.07. The molecule has 1 fully saturated rings. The normalized spacial score (nSPS) is 19.1. The molecule has 4 atom stereocenters. The van der Waals surface area contributed by atoms with Gasteiger partial charge in [-0.25, -0.2) is 0 Å². The molecule has 0 unspecified atom stereocenters. The Morgan fingerprint density at radius 3 is 1.19 bits per heavy atom. The lowest BCUT2D eigenvalue weighted by molar-refractivity contribution is -0.162. The minimum Gasteiger partial charge on any atom is -0.508 e. The van der Waals surface area contributed by atoms with E-state index in [0.717, 1.165) is 35.1 Å². The van der Waals surface area contributed by atoms with Gasteiger partial charge in [-0.05, 0) is 97.5 Å². The summed E-state index contributed by atoms with van der Waals surface area (Å²) in [6.45, 7) is 3.38. The predicted molar refractivity (Wildman–Crippen MR) is 162 cm³/mol. The lowest BCUT2D eigenvalue weighted by Crippen LogP contribution is -2.46. The van der Waals surface area contributed by atoms with E-state index in [1.165, 1.54) is 0 Å². The molecule has 0 aliphatic carbocycles. The third-order valence-electron chi connectivity index (χ3n) is 7.30. The number of benzene rings is 4. The summed E-state index contributed by atoms with van der Waals surface area (Å²) in [5.41, 5.74) is 4.34. The molecule has 1 heterocycles. The molecule has 226 valence electrons. The van der Waals surface area contributed by atoms with Gasteiger partial charge in [0, 0.05) is 0 Å². The summed E-state index contributed by atoms with van der Waals surface area (Å²) in [6.07, 6.45) is -2.33.